The molecule has 0 saturated carbocycles. The van der Waals surface area contributed by atoms with Gasteiger partial charge in [-0.1, -0.05) is 69.5 Å². The number of sulfonamides is 1. The molecular formula is C25H23BrCl2N2O3S. The van der Waals surface area contributed by atoms with Crippen LogP contribution in [-0.2, 0) is 27.8 Å². The second-order valence-corrected chi connectivity index (χ2v) is 11.9. The Hall–Kier alpha value is -1.90. The van der Waals surface area contributed by atoms with E-state index in [0.717, 1.165) is 29.3 Å². The SMILES string of the molecule is O=C(CN(Cc1ccc(Cl)c(Cl)c1)S(=O)(=O)c1ccc(Br)cc1)NC1CCCc2ccccc21. The zero-order chi connectivity index (χ0) is 24.3. The minimum atomic E-state index is -3.96. The summed E-state index contributed by atoms with van der Waals surface area (Å²) in [7, 11) is -3.96. The van der Waals surface area contributed by atoms with E-state index in [-0.39, 0.29) is 29.9 Å². The number of rotatable bonds is 7. The first kappa shape index (κ1) is 25.2. The van der Waals surface area contributed by atoms with Crippen LogP contribution in [0.15, 0.2) is 76.1 Å². The van der Waals surface area contributed by atoms with Crippen molar-refractivity contribution in [2.75, 3.05) is 6.54 Å². The fourth-order valence-corrected chi connectivity index (χ4v) is 6.10. The first-order valence-electron chi connectivity index (χ1n) is 10.8. The standard InChI is InChI=1S/C25H23BrCl2N2O3S/c26-19-9-11-20(12-10-19)34(32,33)30(15-17-8-13-22(27)23(28)14-17)16-25(31)29-24-7-3-5-18-4-1-2-6-21(18)24/h1-2,4,6,8-14,24H,3,5,7,15-16H2,(H,29,31). The maximum atomic E-state index is 13.5. The van der Waals surface area contributed by atoms with Gasteiger partial charge >= 0.3 is 0 Å². The van der Waals surface area contributed by atoms with Crippen LogP contribution < -0.4 is 5.32 Å². The maximum Gasteiger partial charge on any atom is 0.243 e. The van der Waals surface area contributed by atoms with Gasteiger partial charge in [0.1, 0.15) is 0 Å². The second kappa shape index (κ2) is 10.8. The van der Waals surface area contributed by atoms with Crippen LogP contribution in [0.1, 0.15) is 35.6 Å². The first-order valence-corrected chi connectivity index (χ1v) is 13.8. The van der Waals surface area contributed by atoms with Gasteiger partial charge in [0.25, 0.3) is 0 Å². The van der Waals surface area contributed by atoms with Crippen molar-refractivity contribution in [2.24, 2.45) is 0 Å². The monoisotopic (exact) mass is 580 g/mol. The number of amides is 1. The summed E-state index contributed by atoms with van der Waals surface area (Å²) in [5, 5.41) is 3.74. The number of carbonyl (C=O) groups is 1. The van der Waals surface area contributed by atoms with Gasteiger partial charge < -0.3 is 5.32 Å². The van der Waals surface area contributed by atoms with Crippen molar-refractivity contribution in [3.8, 4) is 0 Å². The van der Waals surface area contributed by atoms with Gasteiger partial charge in [-0.25, -0.2) is 8.42 Å². The minimum absolute atomic E-state index is 0.0238. The molecule has 0 radical (unpaired) electrons. The molecule has 0 aromatic heterocycles. The van der Waals surface area contributed by atoms with Crippen molar-refractivity contribution in [1.82, 2.24) is 9.62 Å². The molecule has 3 aromatic carbocycles. The van der Waals surface area contributed by atoms with Crippen LogP contribution in [0.25, 0.3) is 0 Å². The van der Waals surface area contributed by atoms with Gasteiger partial charge in [0.2, 0.25) is 15.9 Å². The fraction of sp³-hybridized carbons (Fsp3) is 0.240. The molecule has 34 heavy (non-hydrogen) atoms. The average molecular weight is 582 g/mol. The van der Waals surface area contributed by atoms with E-state index in [9.17, 15) is 13.2 Å². The Bertz CT molecular complexity index is 1300. The largest absolute Gasteiger partial charge is 0.348 e. The van der Waals surface area contributed by atoms with Gasteiger partial charge in [0.05, 0.1) is 27.5 Å². The zero-order valence-corrected chi connectivity index (χ0v) is 22.1. The molecule has 0 fully saturated rings. The Balaban J connectivity index is 1.59. The Kier molecular flexibility index (Phi) is 8.00. The molecule has 0 saturated heterocycles. The molecule has 0 heterocycles. The van der Waals surface area contributed by atoms with E-state index in [0.29, 0.717) is 15.6 Å². The van der Waals surface area contributed by atoms with Crippen LogP contribution in [0.2, 0.25) is 10.0 Å². The third kappa shape index (κ3) is 5.83. The summed E-state index contributed by atoms with van der Waals surface area (Å²) in [5.74, 6) is -0.359. The van der Waals surface area contributed by atoms with Crippen molar-refractivity contribution in [3.05, 3.63) is 97.9 Å². The molecule has 1 unspecified atom stereocenters. The molecule has 0 spiro atoms. The van der Waals surface area contributed by atoms with E-state index in [2.05, 4.69) is 27.3 Å². The van der Waals surface area contributed by atoms with E-state index >= 15 is 0 Å². The van der Waals surface area contributed by atoms with Crippen LogP contribution in [-0.4, -0.2) is 25.2 Å². The summed E-state index contributed by atoms with van der Waals surface area (Å²) >= 11 is 15.5. The van der Waals surface area contributed by atoms with Crippen molar-refractivity contribution in [2.45, 2.75) is 36.7 Å². The number of halogens is 3. The average Bonchev–Trinajstić information content (AvgIpc) is 2.81. The van der Waals surface area contributed by atoms with Gasteiger partial charge in [0.15, 0.2) is 0 Å². The number of nitrogens with zero attached hydrogens (tertiary/aromatic N) is 1. The third-order valence-corrected chi connectivity index (χ3v) is 8.89. The Morgan fingerprint density at radius 3 is 2.50 bits per heavy atom. The number of aryl methyl sites for hydroxylation is 1. The molecule has 0 aliphatic heterocycles. The lowest BCUT2D eigenvalue weighted by molar-refractivity contribution is -0.122. The number of benzene rings is 3. The highest BCUT2D eigenvalue weighted by molar-refractivity contribution is 9.10. The van der Waals surface area contributed by atoms with Gasteiger partial charge in [-0.05, 0) is 72.4 Å². The molecule has 5 nitrogen and oxygen atoms in total. The number of hydrogen-bond donors (Lipinski definition) is 1. The molecule has 1 aliphatic carbocycles. The van der Waals surface area contributed by atoms with Crippen molar-refractivity contribution < 1.29 is 13.2 Å². The molecule has 178 valence electrons. The summed E-state index contributed by atoms with van der Waals surface area (Å²) in [6.45, 7) is -0.346. The van der Waals surface area contributed by atoms with E-state index in [4.69, 9.17) is 23.2 Å². The van der Waals surface area contributed by atoms with Gasteiger partial charge in [0, 0.05) is 11.0 Å². The molecule has 4 rings (SSSR count). The summed E-state index contributed by atoms with van der Waals surface area (Å²) < 4.78 is 28.9. The summed E-state index contributed by atoms with van der Waals surface area (Å²) in [6, 6.07) is 19.2. The fourth-order valence-electron chi connectivity index (χ4n) is 4.13. The predicted octanol–water partition coefficient (Wildman–Crippen LogP) is 6.14. The lowest BCUT2D eigenvalue weighted by atomic mass is 9.88. The van der Waals surface area contributed by atoms with Crippen LogP contribution in [0.4, 0.5) is 0 Å². The number of carbonyl (C=O) groups excluding carboxylic acids is 1. The summed E-state index contributed by atoms with van der Waals surface area (Å²) in [5.41, 5.74) is 2.94. The van der Waals surface area contributed by atoms with Gasteiger partial charge in [-0.15, -0.1) is 0 Å². The predicted molar refractivity (Wildman–Crippen MR) is 138 cm³/mol. The van der Waals surface area contributed by atoms with E-state index in [1.807, 2.05) is 18.2 Å². The van der Waals surface area contributed by atoms with E-state index in [1.165, 1.54) is 22.0 Å². The second-order valence-electron chi connectivity index (χ2n) is 8.19. The van der Waals surface area contributed by atoms with Crippen LogP contribution >= 0.6 is 39.1 Å². The lowest BCUT2D eigenvalue weighted by Crippen LogP contribution is -2.42. The smallest absolute Gasteiger partial charge is 0.243 e. The molecule has 1 N–H and O–H groups in total. The van der Waals surface area contributed by atoms with E-state index in [1.54, 1.807) is 30.3 Å². The highest BCUT2D eigenvalue weighted by Crippen LogP contribution is 2.30. The first-order chi connectivity index (χ1) is 16.2. The Morgan fingerprint density at radius 2 is 1.76 bits per heavy atom. The Labute approximate surface area is 218 Å². The minimum Gasteiger partial charge on any atom is -0.348 e. The molecule has 3 aromatic rings. The molecule has 1 amide bonds. The van der Waals surface area contributed by atoms with Crippen molar-refractivity contribution in [3.63, 3.8) is 0 Å². The molecule has 1 aliphatic rings. The van der Waals surface area contributed by atoms with Gasteiger partial charge in [-0.3, -0.25) is 4.79 Å². The van der Waals surface area contributed by atoms with Crippen LogP contribution in [0.5, 0.6) is 0 Å². The van der Waals surface area contributed by atoms with Crippen molar-refractivity contribution in [1.29, 1.82) is 0 Å². The number of nitrogens with one attached hydrogen (secondary N) is 1. The third-order valence-electron chi connectivity index (χ3n) is 5.82. The highest BCUT2D eigenvalue weighted by atomic mass is 79.9. The topological polar surface area (TPSA) is 66.5 Å². The summed E-state index contributed by atoms with van der Waals surface area (Å²) in [4.78, 5) is 13.2. The lowest BCUT2D eigenvalue weighted by Gasteiger charge is -2.28. The highest BCUT2D eigenvalue weighted by Gasteiger charge is 2.29. The van der Waals surface area contributed by atoms with Crippen LogP contribution in [0.3, 0.4) is 0 Å². The van der Waals surface area contributed by atoms with Crippen molar-refractivity contribution >= 4 is 55.1 Å². The molecule has 0 bridgehead atoms. The molecular weight excluding hydrogens is 559 g/mol. The zero-order valence-electron chi connectivity index (χ0n) is 18.2. The normalized spacial score (nSPS) is 15.7. The summed E-state index contributed by atoms with van der Waals surface area (Å²) in [6.07, 6.45) is 2.76. The quantitative estimate of drug-likeness (QED) is 0.364. The van der Waals surface area contributed by atoms with Crippen LogP contribution in [0, 0.1) is 0 Å². The van der Waals surface area contributed by atoms with E-state index < -0.39 is 10.0 Å². The molecule has 1 atom stereocenters. The molecule has 9 heteroatoms. The Morgan fingerprint density at radius 1 is 1.03 bits per heavy atom. The maximum absolute atomic E-state index is 13.5. The number of fused-ring (bicyclic) bond motifs is 1. The number of hydrogen-bond acceptors (Lipinski definition) is 3. The van der Waals surface area contributed by atoms with Gasteiger partial charge in [-0.2, -0.15) is 4.31 Å².